The van der Waals surface area contributed by atoms with Crippen molar-refractivity contribution in [3.63, 3.8) is 0 Å². The number of pyridine rings is 2. The minimum atomic E-state index is -0.157. The van der Waals surface area contributed by atoms with Crippen LogP contribution >= 0.6 is 0 Å². The maximum Gasteiger partial charge on any atom is 0.191 e. The lowest BCUT2D eigenvalue weighted by atomic mass is 9.91. The number of hydrogen-bond acceptors (Lipinski definition) is 3. The van der Waals surface area contributed by atoms with E-state index in [0.29, 0.717) is 22.2 Å². The van der Waals surface area contributed by atoms with Crippen LogP contribution in [0.5, 0.6) is 0 Å². The number of fused-ring (bicyclic) bond motifs is 1. The second kappa shape index (κ2) is 5.61. The molecule has 2 heterocycles. The number of hydrogen-bond donors (Lipinski definition) is 1. The zero-order valence-corrected chi connectivity index (χ0v) is 14.3. The molecular weight excluding hydrogens is 298 g/mol. The van der Waals surface area contributed by atoms with Crippen molar-refractivity contribution in [2.75, 3.05) is 0 Å². The first-order valence-corrected chi connectivity index (χ1v) is 7.86. The van der Waals surface area contributed by atoms with E-state index < -0.39 is 0 Å². The van der Waals surface area contributed by atoms with E-state index in [1.165, 1.54) is 0 Å². The molecule has 0 aliphatic heterocycles. The molecule has 4 heteroatoms. The van der Waals surface area contributed by atoms with Crippen molar-refractivity contribution in [3.05, 3.63) is 63.6 Å². The zero-order chi connectivity index (χ0) is 17.5. The normalized spacial score (nSPS) is 11.5. The maximum atomic E-state index is 12.5. The Kier molecular flexibility index (Phi) is 3.73. The lowest BCUT2D eigenvalue weighted by Gasteiger charge is -2.19. The summed E-state index contributed by atoms with van der Waals surface area (Å²) in [6, 6.07) is 12.8. The van der Waals surface area contributed by atoms with Gasteiger partial charge in [-0.15, -0.1) is 0 Å². The lowest BCUT2D eigenvalue weighted by Crippen LogP contribution is -2.14. The number of nitrogens with zero attached hydrogens (tertiary/aromatic N) is 2. The number of aryl methyl sites for hydroxylation is 1. The fourth-order valence-corrected chi connectivity index (χ4v) is 2.81. The molecule has 0 unspecified atom stereocenters. The molecule has 0 fully saturated rings. The summed E-state index contributed by atoms with van der Waals surface area (Å²) in [5.41, 5.74) is 4.36. The zero-order valence-electron chi connectivity index (χ0n) is 14.3. The fraction of sp³-hybridized carbons (Fsp3) is 0.250. The molecule has 4 nitrogen and oxygen atoms in total. The van der Waals surface area contributed by atoms with Crippen molar-refractivity contribution >= 4 is 10.9 Å². The van der Waals surface area contributed by atoms with Gasteiger partial charge in [0.2, 0.25) is 0 Å². The summed E-state index contributed by atoms with van der Waals surface area (Å²) in [6.45, 7) is 8.31. The van der Waals surface area contributed by atoms with Crippen molar-refractivity contribution in [1.29, 1.82) is 5.26 Å². The molecule has 0 bridgehead atoms. The Morgan fingerprint density at radius 1 is 1.17 bits per heavy atom. The van der Waals surface area contributed by atoms with Crippen LogP contribution in [0, 0.1) is 18.3 Å². The molecular formula is C20H19N3O. The number of aromatic nitrogens is 2. The lowest BCUT2D eigenvalue weighted by molar-refractivity contribution is 0.567. The van der Waals surface area contributed by atoms with Crippen LogP contribution in [0.1, 0.15) is 37.7 Å². The van der Waals surface area contributed by atoms with Gasteiger partial charge >= 0.3 is 0 Å². The fourth-order valence-electron chi connectivity index (χ4n) is 2.81. The first-order chi connectivity index (χ1) is 11.3. The average Bonchev–Trinajstić information content (AvgIpc) is 2.53. The molecule has 0 radical (unpaired) electrons. The van der Waals surface area contributed by atoms with Crippen LogP contribution in [0.25, 0.3) is 22.2 Å². The molecule has 2 aromatic heterocycles. The average molecular weight is 317 g/mol. The molecule has 1 aromatic carbocycles. The van der Waals surface area contributed by atoms with Crippen LogP contribution in [0.3, 0.4) is 0 Å². The molecule has 0 spiro atoms. The minimum Gasteiger partial charge on any atom is -0.354 e. The van der Waals surface area contributed by atoms with Gasteiger partial charge in [0.1, 0.15) is 0 Å². The highest BCUT2D eigenvalue weighted by Gasteiger charge is 2.17. The Morgan fingerprint density at radius 3 is 2.54 bits per heavy atom. The van der Waals surface area contributed by atoms with E-state index in [9.17, 15) is 10.1 Å². The molecule has 0 aliphatic carbocycles. The summed E-state index contributed by atoms with van der Waals surface area (Å²) in [5, 5.41) is 9.62. The van der Waals surface area contributed by atoms with Crippen molar-refractivity contribution in [3.8, 4) is 17.3 Å². The standard InChI is InChI=1S/C20H19N3O/c1-12-14(8-9-18(22-12)20(2,3)4)16-10-17(24)19-13(11-21)6-5-7-15(19)23-16/h5-10H,1-4H3,(H,23,24). The Morgan fingerprint density at radius 2 is 1.92 bits per heavy atom. The van der Waals surface area contributed by atoms with Crippen LogP contribution in [0.15, 0.2) is 41.2 Å². The van der Waals surface area contributed by atoms with E-state index in [1.807, 2.05) is 25.1 Å². The van der Waals surface area contributed by atoms with Gasteiger partial charge in [-0.05, 0) is 31.2 Å². The Balaban J connectivity index is 2.22. The van der Waals surface area contributed by atoms with Crippen molar-refractivity contribution < 1.29 is 0 Å². The van der Waals surface area contributed by atoms with Gasteiger partial charge in [0.05, 0.1) is 28.2 Å². The number of rotatable bonds is 1. The second-order valence-corrected chi connectivity index (χ2v) is 6.97. The van der Waals surface area contributed by atoms with E-state index in [2.05, 4.69) is 36.8 Å². The molecule has 0 saturated heterocycles. The third kappa shape index (κ3) is 2.69. The number of aromatic amines is 1. The van der Waals surface area contributed by atoms with E-state index >= 15 is 0 Å². The van der Waals surface area contributed by atoms with Crippen LogP contribution in [-0.2, 0) is 5.41 Å². The quantitative estimate of drug-likeness (QED) is 0.735. The van der Waals surface area contributed by atoms with Gasteiger partial charge in [-0.25, -0.2) is 0 Å². The van der Waals surface area contributed by atoms with Gasteiger partial charge in [-0.2, -0.15) is 5.26 Å². The summed E-state index contributed by atoms with van der Waals surface area (Å²) in [7, 11) is 0. The molecule has 3 aromatic rings. The maximum absolute atomic E-state index is 12.5. The number of nitrogens with one attached hydrogen (secondary N) is 1. The van der Waals surface area contributed by atoms with Crippen LogP contribution in [-0.4, -0.2) is 9.97 Å². The van der Waals surface area contributed by atoms with Gasteiger partial charge in [-0.3, -0.25) is 9.78 Å². The predicted octanol–water partition coefficient (Wildman–Crippen LogP) is 4.07. The van der Waals surface area contributed by atoms with Crippen molar-refractivity contribution in [2.24, 2.45) is 0 Å². The minimum absolute atomic E-state index is 0.0260. The highest BCUT2D eigenvalue weighted by Crippen LogP contribution is 2.26. The molecule has 0 atom stereocenters. The van der Waals surface area contributed by atoms with Gasteiger partial charge in [0, 0.05) is 28.4 Å². The number of H-pyrrole nitrogens is 1. The van der Waals surface area contributed by atoms with Gasteiger partial charge in [-0.1, -0.05) is 26.8 Å². The number of benzene rings is 1. The van der Waals surface area contributed by atoms with E-state index in [1.54, 1.807) is 18.2 Å². The molecule has 0 saturated carbocycles. The number of nitriles is 1. The van der Waals surface area contributed by atoms with Gasteiger partial charge in [0.15, 0.2) is 5.43 Å². The van der Waals surface area contributed by atoms with Crippen LogP contribution in [0.4, 0.5) is 0 Å². The Labute approximate surface area is 140 Å². The molecule has 24 heavy (non-hydrogen) atoms. The van der Waals surface area contributed by atoms with Crippen molar-refractivity contribution in [1.82, 2.24) is 9.97 Å². The first kappa shape index (κ1) is 15.9. The summed E-state index contributed by atoms with van der Waals surface area (Å²) in [5.74, 6) is 0. The molecule has 0 amide bonds. The predicted molar refractivity (Wildman–Crippen MR) is 96.0 cm³/mol. The van der Waals surface area contributed by atoms with Crippen molar-refractivity contribution in [2.45, 2.75) is 33.1 Å². The monoisotopic (exact) mass is 317 g/mol. The highest BCUT2D eigenvalue weighted by atomic mass is 16.1. The topological polar surface area (TPSA) is 69.5 Å². The smallest absolute Gasteiger partial charge is 0.191 e. The summed E-state index contributed by atoms with van der Waals surface area (Å²) in [6.07, 6.45) is 0. The van der Waals surface area contributed by atoms with Gasteiger partial charge in [0.25, 0.3) is 0 Å². The SMILES string of the molecule is Cc1nc(C(C)(C)C)ccc1-c1cc(=O)c2c(C#N)cccc2[nH]1. The first-order valence-electron chi connectivity index (χ1n) is 7.86. The molecule has 0 aliphatic rings. The van der Waals surface area contributed by atoms with Crippen LogP contribution < -0.4 is 5.43 Å². The molecule has 3 rings (SSSR count). The highest BCUT2D eigenvalue weighted by molar-refractivity contribution is 5.86. The third-order valence-electron chi connectivity index (χ3n) is 4.12. The third-order valence-corrected chi connectivity index (χ3v) is 4.12. The largest absolute Gasteiger partial charge is 0.354 e. The molecule has 1 N–H and O–H groups in total. The van der Waals surface area contributed by atoms with E-state index in [-0.39, 0.29) is 10.8 Å². The second-order valence-electron chi connectivity index (χ2n) is 6.97. The summed E-state index contributed by atoms with van der Waals surface area (Å²) >= 11 is 0. The van der Waals surface area contributed by atoms with Crippen LogP contribution in [0.2, 0.25) is 0 Å². The summed E-state index contributed by atoms with van der Waals surface area (Å²) in [4.78, 5) is 20.5. The van der Waals surface area contributed by atoms with E-state index in [0.717, 1.165) is 17.0 Å². The summed E-state index contributed by atoms with van der Waals surface area (Å²) < 4.78 is 0. The molecule has 120 valence electrons. The Bertz CT molecular complexity index is 1030. The Hall–Kier alpha value is -2.93. The van der Waals surface area contributed by atoms with Gasteiger partial charge < -0.3 is 4.98 Å². The van der Waals surface area contributed by atoms with E-state index in [4.69, 9.17) is 0 Å².